The Morgan fingerprint density at radius 3 is 2.12 bits per heavy atom. The molecule has 0 atom stereocenters. The summed E-state index contributed by atoms with van der Waals surface area (Å²) in [5, 5.41) is 1.17. The van der Waals surface area contributed by atoms with Crippen LogP contribution in [-0.4, -0.2) is 28.4 Å². The molecule has 0 heterocycles. The second-order valence-electron chi connectivity index (χ2n) is 1.75. The molecule has 0 aromatic carbocycles. The van der Waals surface area contributed by atoms with E-state index in [4.69, 9.17) is 0 Å². The van der Waals surface area contributed by atoms with E-state index in [1.54, 1.807) is 0 Å². The van der Waals surface area contributed by atoms with E-state index in [0.29, 0.717) is 0 Å². The van der Waals surface area contributed by atoms with Crippen molar-refractivity contribution in [1.82, 2.24) is 0 Å². The van der Waals surface area contributed by atoms with Crippen LogP contribution in [0.4, 0.5) is 0 Å². The van der Waals surface area contributed by atoms with Crippen molar-refractivity contribution in [2.24, 2.45) is 0 Å². The van der Waals surface area contributed by atoms with Gasteiger partial charge in [-0.05, 0) is 6.42 Å². The van der Waals surface area contributed by atoms with Crippen LogP contribution in [0.2, 0.25) is 0 Å². The van der Waals surface area contributed by atoms with Gasteiger partial charge in [-0.2, -0.15) is 0 Å². The molecule has 0 aliphatic heterocycles. The van der Waals surface area contributed by atoms with Crippen molar-refractivity contribution in [3.63, 3.8) is 0 Å². The summed E-state index contributed by atoms with van der Waals surface area (Å²) in [5.41, 5.74) is 0. The average Bonchev–Trinajstić information content (AvgIpc) is 1.69. The quantitative estimate of drug-likeness (QED) is 0.362. The van der Waals surface area contributed by atoms with Crippen molar-refractivity contribution in [1.29, 1.82) is 0 Å². The zero-order chi connectivity index (χ0) is 5.54. The first-order valence-electron chi connectivity index (χ1n) is 2.97. The Hall–Kier alpha value is 1.25. The van der Waals surface area contributed by atoms with Gasteiger partial charge in [0.25, 0.3) is 0 Å². The van der Waals surface area contributed by atoms with E-state index in [1.807, 2.05) is 0 Å². The highest BCUT2D eigenvalue weighted by molar-refractivity contribution is 9.09. The van der Waals surface area contributed by atoms with Crippen LogP contribution < -0.4 is 0 Å². The van der Waals surface area contributed by atoms with Gasteiger partial charge in [0.05, 0.1) is 0 Å². The van der Waals surface area contributed by atoms with E-state index in [9.17, 15) is 0 Å². The normalized spacial score (nSPS) is 8.25. The predicted molar refractivity (Wildman–Crippen MR) is 46.5 cm³/mol. The molecule has 0 nitrogen and oxygen atoms in total. The lowest BCUT2D eigenvalue weighted by Gasteiger charge is -1.89. The van der Waals surface area contributed by atoms with Crippen LogP contribution in [-0.2, 0) is 0 Å². The molecule has 0 saturated carbocycles. The van der Waals surface area contributed by atoms with Gasteiger partial charge in [-0.1, -0.05) is 42.1 Å². The van der Waals surface area contributed by atoms with E-state index in [0.717, 1.165) is 0 Å². The first kappa shape index (κ1) is 12.0. The average molecular weight is 191 g/mol. The van der Waals surface area contributed by atoms with Crippen molar-refractivity contribution in [2.75, 3.05) is 5.33 Å². The minimum absolute atomic E-state index is 0. The van der Waals surface area contributed by atoms with Crippen molar-refractivity contribution in [3.8, 4) is 0 Å². The molecule has 0 fully saturated rings. The van der Waals surface area contributed by atoms with Crippen molar-refractivity contribution >= 4 is 39.0 Å². The number of unbranched alkanes of at least 4 members (excludes halogenated alkanes) is 3. The molecule has 0 amide bonds. The summed E-state index contributed by atoms with van der Waals surface area (Å²) in [6, 6.07) is 0. The van der Waals surface area contributed by atoms with Gasteiger partial charge in [-0.3, -0.25) is 0 Å². The summed E-state index contributed by atoms with van der Waals surface area (Å²) in [6.45, 7) is 2.23. The van der Waals surface area contributed by atoms with Gasteiger partial charge in [0, 0.05) is 5.33 Å². The van der Waals surface area contributed by atoms with Gasteiger partial charge in [-0.25, -0.2) is 0 Å². The Bertz CT molecular complexity index is 27.7. The molecule has 0 aliphatic rings. The smallest absolute Gasteiger partial charge is 0.0928 e. The van der Waals surface area contributed by atoms with Crippen LogP contribution >= 0.6 is 15.9 Å². The zero-order valence-electron chi connectivity index (χ0n) is 4.91. The maximum atomic E-state index is 3.38. The van der Waals surface area contributed by atoms with Crippen LogP contribution in [0, 0.1) is 0 Å². The number of hydrogen-bond acceptors (Lipinski definition) is 0. The Kier molecular flexibility index (Phi) is 16.6. The first-order chi connectivity index (χ1) is 3.41. The lowest BCUT2D eigenvalue weighted by molar-refractivity contribution is 0.708. The molecule has 0 radical (unpaired) electrons. The maximum Gasteiger partial charge on any atom is 0.316 e. The Balaban J connectivity index is 0. The number of hydrogen-bond donors (Lipinski definition) is 0. The topological polar surface area (TPSA) is 0 Å². The molecule has 0 bridgehead atoms. The van der Waals surface area contributed by atoms with E-state index in [2.05, 4.69) is 22.9 Å². The fourth-order valence-corrected chi connectivity index (χ4v) is 0.918. The van der Waals surface area contributed by atoms with Gasteiger partial charge in [-0.15, -0.1) is 0 Å². The second-order valence-corrected chi connectivity index (χ2v) is 2.54. The molecule has 8 heavy (non-hydrogen) atoms. The van der Waals surface area contributed by atoms with Crippen molar-refractivity contribution < 1.29 is 0 Å². The highest BCUT2D eigenvalue weighted by atomic mass is 79.9. The summed E-state index contributed by atoms with van der Waals surface area (Å²) < 4.78 is 0. The van der Waals surface area contributed by atoms with Crippen LogP contribution in [0.5, 0.6) is 0 Å². The summed E-state index contributed by atoms with van der Waals surface area (Å²) >= 11 is 3.38. The van der Waals surface area contributed by atoms with Gasteiger partial charge < -0.3 is 0 Å². The minimum Gasteiger partial charge on any atom is -0.0928 e. The van der Waals surface area contributed by atoms with E-state index >= 15 is 0 Å². The molecule has 0 aliphatic carbocycles. The number of rotatable bonds is 4. The number of alkyl halides is 1. The van der Waals surface area contributed by atoms with E-state index < -0.39 is 0 Å². The van der Waals surface area contributed by atoms with E-state index in [-0.39, 0.29) is 23.1 Å². The lowest BCUT2D eigenvalue weighted by Crippen LogP contribution is -1.73. The van der Waals surface area contributed by atoms with Crippen LogP contribution in [0.1, 0.15) is 32.6 Å². The van der Waals surface area contributed by atoms with Crippen LogP contribution in [0.3, 0.4) is 0 Å². The lowest BCUT2D eigenvalue weighted by atomic mass is 10.2. The molecule has 0 N–H and O–H groups in total. The third-order valence-corrected chi connectivity index (χ3v) is 1.55. The number of halogens is 1. The standard InChI is InChI=1S/C6H13Br.Mg.2H/c1-2-3-4-5-6-7;;;/h2-6H2,1H3;;;. The Morgan fingerprint density at radius 2 is 1.75 bits per heavy atom. The fourth-order valence-electron chi connectivity index (χ4n) is 0.521. The monoisotopic (exact) mass is 190 g/mol. The molecule has 2 heteroatoms. The summed E-state index contributed by atoms with van der Waals surface area (Å²) in [6.07, 6.45) is 5.47. The third-order valence-electron chi connectivity index (χ3n) is 0.987. The van der Waals surface area contributed by atoms with Gasteiger partial charge in [0.15, 0.2) is 0 Å². The molecular formula is C6H15BrMg. The highest BCUT2D eigenvalue weighted by Gasteiger charge is 1.81. The maximum absolute atomic E-state index is 3.38. The first-order valence-corrected chi connectivity index (χ1v) is 4.10. The second kappa shape index (κ2) is 11.1. The Labute approximate surface area is 76.7 Å². The minimum atomic E-state index is 0. The third kappa shape index (κ3) is 10.3. The molecule has 0 rings (SSSR count). The van der Waals surface area contributed by atoms with Crippen molar-refractivity contribution in [3.05, 3.63) is 0 Å². The van der Waals surface area contributed by atoms with Gasteiger partial charge >= 0.3 is 23.1 Å². The SMILES string of the molecule is CCCCCCBr.[MgH2]. The van der Waals surface area contributed by atoms with Crippen LogP contribution in [0.15, 0.2) is 0 Å². The fraction of sp³-hybridized carbons (Fsp3) is 1.00. The predicted octanol–water partition coefficient (Wildman–Crippen LogP) is 2.05. The summed E-state index contributed by atoms with van der Waals surface area (Å²) in [4.78, 5) is 0. The zero-order valence-corrected chi connectivity index (χ0v) is 6.50. The highest BCUT2D eigenvalue weighted by Crippen LogP contribution is 1.99. The molecular weight excluding hydrogens is 176 g/mol. The summed E-state index contributed by atoms with van der Waals surface area (Å²) in [5.74, 6) is 0. The molecule has 0 aromatic heterocycles. The van der Waals surface area contributed by atoms with Crippen molar-refractivity contribution in [2.45, 2.75) is 32.6 Å². The van der Waals surface area contributed by atoms with Gasteiger partial charge in [0.2, 0.25) is 0 Å². The Morgan fingerprint density at radius 1 is 1.12 bits per heavy atom. The molecule has 0 aromatic rings. The van der Waals surface area contributed by atoms with Crippen LogP contribution in [0.25, 0.3) is 0 Å². The molecule has 0 saturated heterocycles. The molecule has 48 valence electrons. The van der Waals surface area contributed by atoms with E-state index in [1.165, 1.54) is 31.0 Å². The summed E-state index contributed by atoms with van der Waals surface area (Å²) in [7, 11) is 0. The largest absolute Gasteiger partial charge is 0.316 e. The van der Waals surface area contributed by atoms with Gasteiger partial charge in [0.1, 0.15) is 0 Å². The molecule has 0 spiro atoms. The molecule has 0 unspecified atom stereocenters.